The molecule has 2 aliphatic rings. The van der Waals surface area contributed by atoms with Gasteiger partial charge >= 0.3 is 6.09 Å². The summed E-state index contributed by atoms with van der Waals surface area (Å²) in [6.07, 6.45) is -1.02. The van der Waals surface area contributed by atoms with Crippen molar-refractivity contribution in [1.29, 1.82) is 0 Å². The van der Waals surface area contributed by atoms with Crippen molar-refractivity contribution in [3.05, 3.63) is 23.8 Å². The Kier molecular flexibility index (Phi) is 3.48. The van der Waals surface area contributed by atoms with Crippen LogP contribution in [0.25, 0.3) is 0 Å². The molecule has 0 saturated carbocycles. The van der Waals surface area contributed by atoms with Crippen molar-refractivity contribution in [3.8, 4) is 0 Å². The van der Waals surface area contributed by atoms with E-state index in [1.54, 1.807) is 11.0 Å². The number of amides is 3. The maximum Gasteiger partial charge on any atom is 0.415 e. The predicted molar refractivity (Wildman–Crippen MR) is 79.9 cm³/mol. The molecule has 7 nitrogen and oxygen atoms in total. The topological polar surface area (TPSA) is 79.0 Å². The second kappa shape index (κ2) is 5.32. The number of carbonyl (C=O) groups excluding carboxylic acids is 3. The Hall–Kier alpha value is -2.57. The van der Waals surface area contributed by atoms with Crippen LogP contribution in [-0.2, 0) is 20.7 Å². The molecule has 7 heteroatoms. The van der Waals surface area contributed by atoms with Crippen molar-refractivity contribution in [3.63, 3.8) is 0 Å². The van der Waals surface area contributed by atoms with Crippen LogP contribution in [-0.4, -0.2) is 44.1 Å². The number of fused-ring (bicyclic) bond motifs is 1. The van der Waals surface area contributed by atoms with Gasteiger partial charge in [-0.05, 0) is 30.7 Å². The number of ether oxygens (including phenoxy) is 1. The molecule has 116 valence electrons. The van der Waals surface area contributed by atoms with Gasteiger partial charge in [-0.15, -0.1) is 0 Å². The molecule has 0 bridgehead atoms. The molecule has 1 N–H and O–H groups in total. The third-order valence-electron chi connectivity index (χ3n) is 3.98. The van der Waals surface area contributed by atoms with Gasteiger partial charge in [0.1, 0.15) is 0 Å². The molecule has 1 fully saturated rings. The Morgan fingerprint density at radius 2 is 2.18 bits per heavy atom. The van der Waals surface area contributed by atoms with Gasteiger partial charge in [-0.2, -0.15) is 0 Å². The predicted octanol–water partition coefficient (Wildman–Crippen LogP) is 0.667. The first kappa shape index (κ1) is 14.4. The number of likely N-dealkylation sites (N-methyl/N-ethyl adjacent to an activating group) is 2. The van der Waals surface area contributed by atoms with E-state index in [0.29, 0.717) is 18.7 Å². The van der Waals surface area contributed by atoms with Crippen molar-refractivity contribution in [2.75, 3.05) is 29.9 Å². The van der Waals surface area contributed by atoms with E-state index in [2.05, 4.69) is 5.32 Å². The van der Waals surface area contributed by atoms with E-state index in [4.69, 9.17) is 4.74 Å². The second-order valence-corrected chi connectivity index (χ2v) is 5.23. The molecule has 0 radical (unpaired) electrons. The van der Waals surface area contributed by atoms with E-state index in [1.165, 1.54) is 11.9 Å². The van der Waals surface area contributed by atoms with Crippen molar-refractivity contribution in [2.45, 2.75) is 19.4 Å². The summed E-state index contributed by atoms with van der Waals surface area (Å²) >= 11 is 0. The Morgan fingerprint density at radius 3 is 2.86 bits per heavy atom. The molecule has 3 amide bonds. The molecule has 0 spiro atoms. The molecule has 1 atom stereocenters. The van der Waals surface area contributed by atoms with Gasteiger partial charge < -0.3 is 15.0 Å². The number of cyclic esters (lactones) is 1. The van der Waals surface area contributed by atoms with E-state index >= 15 is 0 Å². The van der Waals surface area contributed by atoms with Crippen LogP contribution in [0.4, 0.5) is 16.2 Å². The lowest BCUT2D eigenvalue weighted by Crippen LogP contribution is -2.35. The molecule has 1 aromatic carbocycles. The summed E-state index contributed by atoms with van der Waals surface area (Å²) in [5.74, 6) is -0.272. The van der Waals surface area contributed by atoms with Gasteiger partial charge in [-0.25, -0.2) is 4.79 Å². The van der Waals surface area contributed by atoms with Crippen LogP contribution in [0, 0.1) is 0 Å². The van der Waals surface area contributed by atoms with Crippen LogP contribution in [0.3, 0.4) is 0 Å². The number of anilines is 2. The highest BCUT2D eigenvalue weighted by atomic mass is 16.6. The molecule has 3 rings (SSSR count). The normalized spacial score (nSPS) is 20.2. The quantitative estimate of drug-likeness (QED) is 0.890. The smallest absolute Gasteiger partial charge is 0.415 e. The number of nitrogens with one attached hydrogen (secondary N) is 1. The van der Waals surface area contributed by atoms with Crippen LogP contribution in [0.1, 0.15) is 12.5 Å². The number of carbonyl (C=O) groups is 3. The second-order valence-electron chi connectivity index (χ2n) is 5.23. The maximum atomic E-state index is 11.9. The fourth-order valence-corrected chi connectivity index (χ4v) is 2.86. The van der Waals surface area contributed by atoms with Gasteiger partial charge in [0.05, 0.1) is 13.0 Å². The number of hydrogen-bond acceptors (Lipinski definition) is 4. The van der Waals surface area contributed by atoms with Crippen molar-refractivity contribution < 1.29 is 19.1 Å². The first-order valence-corrected chi connectivity index (χ1v) is 7.18. The van der Waals surface area contributed by atoms with Crippen molar-refractivity contribution in [1.82, 2.24) is 5.32 Å². The van der Waals surface area contributed by atoms with Gasteiger partial charge in [-0.1, -0.05) is 0 Å². The highest BCUT2D eigenvalue weighted by Crippen LogP contribution is 2.33. The molecule has 0 unspecified atom stereocenters. The Morgan fingerprint density at radius 1 is 1.41 bits per heavy atom. The molecule has 22 heavy (non-hydrogen) atoms. The monoisotopic (exact) mass is 303 g/mol. The minimum Gasteiger partial charge on any atom is -0.434 e. The minimum atomic E-state index is -0.806. The molecular formula is C15H17N3O4. The third kappa shape index (κ3) is 2.18. The first-order valence-electron chi connectivity index (χ1n) is 7.18. The zero-order valence-electron chi connectivity index (χ0n) is 12.5. The van der Waals surface area contributed by atoms with Crippen molar-refractivity contribution >= 4 is 29.3 Å². The van der Waals surface area contributed by atoms with Gasteiger partial charge in [-0.3, -0.25) is 14.5 Å². The Balaban J connectivity index is 1.86. The summed E-state index contributed by atoms with van der Waals surface area (Å²) in [4.78, 5) is 38.6. The van der Waals surface area contributed by atoms with Crippen LogP contribution in [0.15, 0.2) is 18.2 Å². The average Bonchev–Trinajstić information content (AvgIpc) is 3.04. The lowest BCUT2D eigenvalue weighted by molar-refractivity contribution is -0.127. The summed E-state index contributed by atoms with van der Waals surface area (Å²) in [7, 11) is 1.50. The van der Waals surface area contributed by atoms with Crippen LogP contribution in [0.2, 0.25) is 0 Å². The number of rotatable bonds is 3. The zero-order chi connectivity index (χ0) is 15.9. The standard InChI is InChI=1S/C15H17N3O4/c1-3-17-11-5-4-10(6-9(11)7-13(17)19)18-8-12(14(20)16-2)22-15(18)21/h4-6,12H,3,7-8H2,1-2H3,(H,16,20)/t12-/m1/s1. The van der Waals surface area contributed by atoms with Crippen molar-refractivity contribution in [2.24, 2.45) is 0 Å². The van der Waals surface area contributed by atoms with Gasteiger partial charge in [0, 0.05) is 25.0 Å². The van der Waals surface area contributed by atoms with Crippen LogP contribution in [0.5, 0.6) is 0 Å². The first-order chi connectivity index (χ1) is 10.5. The molecule has 1 aromatic rings. The summed E-state index contributed by atoms with van der Waals surface area (Å²) in [5.41, 5.74) is 2.41. The fourth-order valence-electron chi connectivity index (χ4n) is 2.86. The average molecular weight is 303 g/mol. The van der Waals surface area contributed by atoms with Gasteiger partial charge in [0.25, 0.3) is 5.91 Å². The highest BCUT2D eigenvalue weighted by molar-refractivity contribution is 6.02. The molecule has 2 heterocycles. The van der Waals surface area contributed by atoms with E-state index < -0.39 is 12.2 Å². The SMILES string of the molecule is CCN1C(=O)Cc2cc(N3C[C@H](C(=O)NC)OC3=O)ccc21. The maximum absolute atomic E-state index is 11.9. The minimum absolute atomic E-state index is 0.0573. The van der Waals surface area contributed by atoms with E-state index in [-0.39, 0.29) is 18.4 Å². The lowest BCUT2D eigenvalue weighted by atomic mass is 10.1. The molecule has 0 aliphatic carbocycles. The lowest BCUT2D eigenvalue weighted by Gasteiger charge is -2.17. The number of benzene rings is 1. The fraction of sp³-hybridized carbons (Fsp3) is 0.400. The Bertz CT molecular complexity index is 658. The number of nitrogens with zero attached hydrogens (tertiary/aromatic N) is 2. The summed E-state index contributed by atoms with van der Waals surface area (Å²) in [5, 5.41) is 2.47. The van der Waals surface area contributed by atoms with E-state index in [1.807, 2.05) is 19.1 Å². The highest BCUT2D eigenvalue weighted by Gasteiger charge is 2.37. The molecule has 0 aromatic heterocycles. The Labute approximate surface area is 127 Å². The van der Waals surface area contributed by atoms with Crippen LogP contribution < -0.4 is 15.1 Å². The van der Waals surface area contributed by atoms with E-state index in [9.17, 15) is 14.4 Å². The van der Waals surface area contributed by atoms with Gasteiger partial charge in [0.2, 0.25) is 5.91 Å². The summed E-state index contributed by atoms with van der Waals surface area (Å²) < 4.78 is 5.06. The van der Waals surface area contributed by atoms with Crippen LogP contribution >= 0.6 is 0 Å². The number of hydrogen-bond donors (Lipinski definition) is 1. The molecule has 2 aliphatic heterocycles. The largest absolute Gasteiger partial charge is 0.434 e. The molecule has 1 saturated heterocycles. The summed E-state index contributed by atoms with van der Waals surface area (Å²) in [6, 6.07) is 5.42. The van der Waals surface area contributed by atoms with E-state index in [0.717, 1.165) is 11.3 Å². The zero-order valence-corrected chi connectivity index (χ0v) is 12.5. The van der Waals surface area contributed by atoms with Gasteiger partial charge in [0.15, 0.2) is 6.10 Å². The molecular weight excluding hydrogens is 286 g/mol. The third-order valence-corrected chi connectivity index (χ3v) is 3.98. The summed E-state index contributed by atoms with van der Waals surface area (Å²) in [6.45, 7) is 2.71.